The van der Waals surface area contributed by atoms with Gasteiger partial charge in [0, 0.05) is 20.3 Å². The average molecular weight is 190 g/mol. The van der Waals surface area contributed by atoms with E-state index in [0.29, 0.717) is 0 Å². The minimum atomic E-state index is -1.08. The second-order valence-corrected chi connectivity index (χ2v) is 2.82. The molecular weight excluding hydrogens is 172 g/mol. The summed E-state index contributed by atoms with van der Waals surface area (Å²) in [6, 6.07) is 0. The van der Waals surface area contributed by atoms with Gasteiger partial charge in [-0.1, -0.05) is 0 Å². The van der Waals surface area contributed by atoms with E-state index in [2.05, 4.69) is 5.32 Å². The third kappa shape index (κ3) is 7.70. The second kappa shape index (κ2) is 7.97. The van der Waals surface area contributed by atoms with Crippen LogP contribution in [0, 0.1) is 0 Å². The van der Waals surface area contributed by atoms with Gasteiger partial charge < -0.3 is 20.9 Å². The Morgan fingerprint density at radius 2 is 2.31 bits per heavy atom. The molecule has 0 aliphatic heterocycles. The lowest BCUT2D eigenvalue weighted by atomic mass is 10.3. The topological polar surface area (TPSA) is 84.6 Å². The Morgan fingerprint density at radius 3 is 2.85 bits per heavy atom. The highest BCUT2D eigenvalue weighted by Gasteiger charge is 2.08. The van der Waals surface area contributed by atoms with E-state index in [1.165, 1.54) is 0 Å². The number of aliphatic hydroxyl groups is 1. The first-order valence-corrected chi connectivity index (χ1v) is 4.35. The van der Waals surface area contributed by atoms with E-state index >= 15 is 0 Å². The second-order valence-electron chi connectivity index (χ2n) is 2.82. The number of rotatable bonds is 8. The molecule has 0 saturated heterocycles. The van der Waals surface area contributed by atoms with Gasteiger partial charge in [0.05, 0.1) is 0 Å². The Morgan fingerprint density at radius 1 is 1.62 bits per heavy atom. The number of carbonyl (C=O) groups excluding carboxylic acids is 1. The highest BCUT2D eigenvalue weighted by Crippen LogP contribution is 1.87. The van der Waals surface area contributed by atoms with Crippen molar-refractivity contribution in [2.45, 2.75) is 18.9 Å². The molecule has 0 aromatic rings. The van der Waals surface area contributed by atoms with Gasteiger partial charge in [0.2, 0.25) is 5.91 Å². The summed E-state index contributed by atoms with van der Waals surface area (Å²) in [7, 11) is 1.66. The molecule has 0 heterocycles. The highest BCUT2D eigenvalue weighted by molar-refractivity contribution is 5.78. The summed E-state index contributed by atoms with van der Waals surface area (Å²) in [4.78, 5) is 10.4. The van der Waals surface area contributed by atoms with Crippen LogP contribution in [-0.2, 0) is 9.53 Å². The number of aliphatic hydroxyl groups excluding tert-OH is 1. The number of amides is 1. The molecule has 0 rings (SSSR count). The molecule has 0 aliphatic rings. The van der Waals surface area contributed by atoms with Crippen molar-refractivity contribution in [3.8, 4) is 0 Å². The predicted octanol–water partition coefficient (Wildman–Crippen LogP) is -1.15. The van der Waals surface area contributed by atoms with Gasteiger partial charge in [-0.3, -0.25) is 4.79 Å². The van der Waals surface area contributed by atoms with E-state index in [4.69, 9.17) is 15.6 Å². The maximum atomic E-state index is 10.4. The van der Waals surface area contributed by atoms with Crippen LogP contribution in [-0.4, -0.2) is 43.9 Å². The summed E-state index contributed by atoms with van der Waals surface area (Å²) >= 11 is 0. The fourth-order valence-electron chi connectivity index (χ4n) is 0.836. The van der Waals surface area contributed by atoms with E-state index in [0.717, 1.165) is 26.0 Å². The molecule has 0 saturated carbocycles. The molecular formula is C8H18N2O3. The number of primary amides is 1. The standard InChI is InChI=1S/C8H18N2O3/c1-13-5-3-2-4-10-6-7(11)8(9)12/h7,10-11H,2-6H2,1H3,(H2,9,12). The minimum absolute atomic E-state index is 0.225. The number of methoxy groups -OCH3 is 1. The number of carbonyl (C=O) groups is 1. The number of ether oxygens (including phenoxy) is 1. The van der Waals surface area contributed by atoms with Gasteiger partial charge in [-0.05, 0) is 19.4 Å². The van der Waals surface area contributed by atoms with Crippen LogP contribution in [0.4, 0.5) is 0 Å². The van der Waals surface area contributed by atoms with Gasteiger partial charge in [0.25, 0.3) is 0 Å². The Kier molecular flexibility index (Phi) is 7.57. The van der Waals surface area contributed by atoms with Gasteiger partial charge in [0.1, 0.15) is 6.10 Å². The Labute approximate surface area is 78.3 Å². The van der Waals surface area contributed by atoms with Crippen molar-refractivity contribution >= 4 is 5.91 Å². The molecule has 4 N–H and O–H groups in total. The van der Waals surface area contributed by atoms with Gasteiger partial charge in [-0.2, -0.15) is 0 Å². The minimum Gasteiger partial charge on any atom is -0.385 e. The number of unbranched alkanes of at least 4 members (excludes halogenated alkanes) is 1. The zero-order valence-electron chi connectivity index (χ0n) is 7.95. The van der Waals surface area contributed by atoms with Crippen LogP contribution in [0.15, 0.2) is 0 Å². The molecule has 5 nitrogen and oxygen atoms in total. The quantitative estimate of drug-likeness (QED) is 0.422. The molecule has 1 unspecified atom stereocenters. The summed E-state index contributed by atoms with van der Waals surface area (Å²) in [5.74, 6) is -0.690. The van der Waals surface area contributed by atoms with Crippen LogP contribution >= 0.6 is 0 Å². The lowest BCUT2D eigenvalue weighted by Crippen LogP contribution is -2.37. The normalized spacial score (nSPS) is 12.8. The van der Waals surface area contributed by atoms with Crippen LogP contribution in [0.5, 0.6) is 0 Å². The first-order chi connectivity index (χ1) is 6.18. The van der Waals surface area contributed by atoms with Crippen molar-refractivity contribution in [2.75, 3.05) is 26.8 Å². The third-order valence-corrected chi connectivity index (χ3v) is 1.62. The van der Waals surface area contributed by atoms with Crippen LogP contribution in [0.2, 0.25) is 0 Å². The van der Waals surface area contributed by atoms with Crippen LogP contribution in [0.25, 0.3) is 0 Å². The summed E-state index contributed by atoms with van der Waals surface area (Å²) in [5.41, 5.74) is 4.85. The van der Waals surface area contributed by atoms with E-state index < -0.39 is 12.0 Å². The lowest BCUT2D eigenvalue weighted by molar-refractivity contribution is -0.125. The smallest absolute Gasteiger partial charge is 0.247 e. The molecule has 0 aliphatic carbocycles. The van der Waals surface area contributed by atoms with Crippen molar-refractivity contribution < 1.29 is 14.6 Å². The Bertz CT molecular complexity index is 141. The zero-order chi connectivity index (χ0) is 10.1. The Hall–Kier alpha value is -0.650. The van der Waals surface area contributed by atoms with Crippen molar-refractivity contribution in [1.29, 1.82) is 0 Å². The number of nitrogens with two attached hydrogens (primary N) is 1. The number of nitrogens with one attached hydrogen (secondary N) is 1. The summed E-state index contributed by atoms with van der Waals surface area (Å²) in [5, 5.41) is 11.9. The van der Waals surface area contributed by atoms with Gasteiger partial charge in [0.15, 0.2) is 0 Å². The molecule has 0 aromatic carbocycles. The lowest BCUT2D eigenvalue weighted by Gasteiger charge is -2.07. The summed E-state index contributed by atoms with van der Waals surface area (Å²) in [6.45, 7) is 1.72. The zero-order valence-corrected chi connectivity index (χ0v) is 7.95. The monoisotopic (exact) mass is 190 g/mol. The Balaban J connectivity index is 3.11. The number of hydrogen-bond donors (Lipinski definition) is 3. The van der Waals surface area contributed by atoms with Crippen molar-refractivity contribution in [3.05, 3.63) is 0 Å². The molecule has 0 radical (unpaired) electrons. The van der Waals surface area contributed by atoms with E-state index in [9.17, 15) is 4.79 Å². The molecule has 78 valence electrons. The first kappa shape index (κ1) is 12.3. The SMILES string of the molecule is COCCCCNCC(O)C(N)=O. The largest absolute Gasteiger partial charge is 0.385 e. The van der Waals surface area contributed by atoms with E-state index in [1.807, 2.05) is 0 Å². The fourth-order valence-corrected chi connectivity index (χ4v) is 0.836. The predicted molar refractivity (Wildman–Crippen MR) is 49.2 cm³/mol. The van der Waals surface area contributed by atoms with Crippen molar-refractivity contribution in [1.82, 2.24) is 5.32 Å². The van der Waals surface area contributed by atoms with Crippen LogP contribution in [0.1, 0.15) is 12.8 Å². The average Bonchev–Trinajstić information content (AvgIpc) is 2.10. The van der Waals surface area contributed by atoms with Gasteiger partial charge in [-0.15, -0.1) is 0 Å². The van der Waals surface area contributed by atoms with Crippen LogP contribution in [0.3, 0.4) is 0 Å². The fraction of sp³-hybridized carbons (Fsp3) is 0.875. The van der Waals surface area contributed by atoms with E-state index in [-0.39, 0.29) is 6.54 Å². The maximum absolute atomic E-state index is 10.4. The van der Waals surface area contributed by atoms with E-state index in [1.54, 1.807) is 7.11 Å². The molecule has 0 fully saturated rings. The summed E-state index contributed by atoms with van der Waals surface area (Å²) < 4.78 is 4.86. The maximum Gasteiger partial charge on any atom is 0.247 e. The molecule has 5 heteroatoms. The molecule has 0 spiro atoms. The molecule has 13 heavy (non-hydrogen) atoms. The third-order valence-electron chi connectivity index (χ3n) is 1.62. The van der Waals surface area contributed by atoms with Gasteiger partial charge in [-0.25, -0.2) is 0 Å². The highest BCUT2D eigenvalue weighted by atomic mass is 16.5. The van der Waals surface area contributed by atoms with Gasteiger partial charge >= 0.3 is 0 Å². The van der Waals surface area contributed by atoms with Crippen molar-refractivity contribution in [3.63, 3.8) is 0 Å². The molecule has 1 atom stereocenters. The molecule has 0 aromatic heterocycles. The number of hydrogen-bond acceptors (Lipinski definition) is 4. The molecule has 1 amide bonds. The van der Waals surface area contributed by atoms with Crippen molar-refractivity contribution in [2.24, 2.45) is 5.73 Å². The molecule has 0 bridgehead atoms. The summed E-state index contributed by atoms with van der Waals surface area (Å²) in [6.07, 6.45) is 0.845. The van der Waals surface area contributed by atoms with Crippen LogP contribution < -0.4 is 11.1 Å². The first-order valence-electron chi connectivity index (χ1n) is 4.35.